The highest BCUT2D eigenvalue weighted by atomic mass is 16.2. The summed E-state index contributed by atoms with van der Waals surface area (Å²) >= 11 is 0. The van der Waals surface area contributed by atoms with Gasteiger partial charge in [0.15, 0.2) is 0 Å². The Morgan fingerprint density at radius 3 is 2.81 bits per heavy atom. The standard InChI is InChI=1S/C16H21N3O2/c17-15(20)12-5-1-7-13(10-12)18-16(21)19-9-3-6-11-4-2-8-14(11)19/h1,5,7,10-11,14H,2-4,6,8-9H2,(H2,17,20)(H,18,21)/t11-,14-/m0/s1. The van der Waals surface area contributed by atoms with E-state index >= 15 is 0 Å². The number of benzene rings is 1. The molecule has 0 unspecified atom stereocenters. The average Bonchev–Trinajstić information content (AvgIpc) is 2.95. The van der Waals surface area contributed by atoms with Crippen molar-refractivity contribution in [3.05, 3.63) is 29.8 Å². The van der Waals surface area contributed by atoms with Gasteiger partial charge >= 0.3 is 6.03 Å². The van der Waals surface area contributed by atoms with Crippen molar-refractivity contribution in [2.45, 2.75) is 38.1 Å². The molecule has 5 heteroatoms. The van der Waals surface area contributed by atoms with Gasteiger partial charge in [-0.25, -0.2) is 4.79 Å². The van der Waals surface area contributed by atoms with Gasteiger partial charge in [-0.1, -0.05) is 12.5 Å². The van der Waals surface area contributed by atoms with Crippen molar-refractivity contribution >= 4 is 17.6 Å². The Bertz CT molecular complexity index is 558. The normalized spacial score (nSPS) is 24.5. The molecule has 2 fully saturated rings. The van der Waals surface area contributed by atoms with Crippen molar-refractivity contribution in [2.24, 2.45) is 11.7 Å². The minimum atomic E-state index is -0.486. The van der Waals surface area contributed by atoms with Gasteiger partial charge in [0.1, 0.15) is 0 Å². The van der Waals surface area contributed by atoms with Gasteiger partial charge in [-0.3, -0.25) is 4.79 Å². The first-order valence-electron chi connectivity index (χ1n) is 7.62. The largest absolute Gasteiger partial charge is 0.366 e. The van der Waals surface area contributed by atoms with E-state index in [1.54, 1.807) is 24.3 Å². The van der Waals surface area contributed by atoms with Crippen molar-refractivity contribution in [3.8, 4) is 0 Å². The van der Waals surface area contributed by atoms with Gasteiger partial charge in [-0.2, -0.15) is 0 Å². The summed E-state index contributed by atoms with van der Waals surface area (Å²) in [6, 6.07) is 7.10. The van der Waals surface area contributed by atoms with Gasteiger partial charge < -0.3 is 16.0 Å². The molecule has 1 aromatic carbocycles. The molecule has 1 aliphatic carbocycles. The van der Waals surface area contributed by atoms with Crippen LogP contribution in [0.25, 0.3) is 0 Å². The third-order valence-electron chi connectivity index (χ3n) is 4.65. The van der Waals surface area contributed by atoms with Gasteiger partial charge in [0.2, 0.25) is 5.91 Å². The van der Waals surface area contributed by atoms with Crippen LogP contribution in [0, 0.1) is 5.92 Å². The van der Waals surface area contributed by atoms with E-state index < -0.39 is 5.91 Å². The number of carbonyl (C=O) groups is 2. The summed E-state index contributed by atoms with van der Waals surface area (Å²) in [5, 5.41) is 2.90. The Balaban J connectivity index is 1.71. The highest BCUT2D eigenvalue weighted by Crippen LogP contribution is 2.36. The van der Waals surface area contributed by atoms with Crippen molar-refractivity contribution in [3.63, 3.8) is 0 Å². The molecule has 0 bridgehead atoms. The van der Waals surface area contributed by atoms with Crippen molar-refractivity contribution < 1.29 is 9.59 Å². The third kappa shape index (κ3) is 2.86. The second-order valence-corrected chi connectivity index (χ2v) is 5.97. The summed E-state index contributed by atoms with van der Waals surface area (Å²) in [7, 11) is 0. The van der Waals surface area contributed by atoms with E-state index in [2.05, 4.69) is 5.32 Å². The summed E-state index contributed by atoms with van der Waals surface area (Å²) in [4.78, 5) is 25.6. The molecular weight excluding hydrogens is 266 g/mol. The number of fused-ring (bicyclic) bond motifs is 1. The second-order valence-electron chi connectivity index (χ2n) is 5.97. The maximum Gasteiger partial charge on any atom is 0.322 e. The number of piperidine rings is 1. The van der Waals surface area contributed by atoms with E-state index in [4.69, 9.17) is 5.73 Å². The molecule has 2 aliphatic rings. The molecule has 3 amide bonds. The van der Waals surface area contributed by atoms with Crippen LogP contribution in [-0.4, -0.2) is 29.4 Å². The molecule has 0 aromatic heterocycles. The number of anilines is 1. The Kier molecular flexibility index (Phi) is 3.82. The number of likely N-dealkylation sites (tertiary alicyclic amines) is 1. The first-order valence-corrected chi connectivity index (χ1v) is 7.62. The highest BCUT2D eigenvalue weighted by molar-refractivity contribution is 5.96. The summed E-state index contributed by atoms with van der Waals surface area (Å²) in [6.07, 6.45) is 5.89. The number of urea groups is 1. The Morgan fingerprint density at radius 1 is 1.19 bits per heavy atom. The van der Waals surface area contributed by atoms with Crippen molar-refractivity contribution in [1.82, 2.24) is 4.90 Å². The van der Waals surface area contributed by atoms with Gasteiger partial charge in [0.25, 0.3) is 0 Å². The number of hydrogen-bond donors (Lipinski definition) is 2. The molecule has 21 heavy (non-hydrogen) atoms. The molecule has 1 aliphatic heterocycles. The number of amides is 3. The maximum absolute atomic E-state index is 12.5. The predicted molar refractivity (Wildman–Crippen MR) is 81.0 cm³/mol. The van der Waals surface area contributed by atoms with Crippen LogP contribution in [0.1, 0.15) is 42.5 Å². The minimum Gasteiger partial charge on any atom is -0.366 e. The lowest BCUT2D eigenvalue weighted by Gasteiger charge is -2.37. The predicted octanol–water partition coefficient (Wildman–Crippen LogP) is 2.58. The van der Waals surface area contributed by atoms with Crippen LogP contribution in [0.15, 0.2) is 24.3 Å². The number of carbonyl (C=O) groups excluding carboxylic acids is 2. The number of nitrogens with two attached hydrogens (primary N) is 1. The van der Waals surface area contributed by atoms with E-state index in [9.17, 15) is 9.59 Å². The molecule has 1 heterocycles. The summed E-state index contributed by atoms with van der Waals surface area (Å²) < 4.78 is 0. The van der Waals surface area contributed by atoms with E-state index in [0.717, 1.165) is 19.4 Å². The summed E-state index contributed by atoms with van der Waals surface area (Å²) in [5.41, 5.74) is 6.29. The quantitative estimate of drug-likeness (QED) is 0.877. The molecule has 3 N–H and O–H groups in total. The van der Waals surface area contributed by atoms with Crippen molar-refractivity contribution in [2.75, 3.05) is 11.9 Å². The summed E-state index contributed by atoms with van der Waals surface area (Å²) in [6.45, 7) is 0.822. The van der Waals surface area contributed by atoms with Gasteiger partial charge in [0, 0.05) is 23.8 Å². The third-order valence-corrected chi connectivity index (χ3v) is 4.65. The lowest BCUT2D eigenvalue weighted by atomic mass is 9.92. The zero-order valence-corrected chi connectivity index (χ0v) is 12.0. The SMILES string of the molecule is NC(=O)c1cccc(NC(=O)N2CCC[C@@H]3CCC[C@@H]32)c1. The number of hydrogen-bond acceptors (Lipinski definition) is 2. The van der Waals surface area contributed by atoms with Gasteiger partial charge in [-0.15, -0.1) is 0 Å². The number of rotatable bonds is 2. The Labute approximate surface area is 124 Å². The monoisotopic (exact) mass is 287 g/mol. The smallest absolute Gasteiger partial charge is 0.322 e. The maximum atomic E-state index is 12.5. The second kappa shape index (κ2) is 5.76. The fourth-order valence-corrected chi connectivity index (χ4v) is 3.65. The van der Waals surface area contributed by atoms with E-state index in [0.29, 0.717) is 23.2 Å². The zero-order chi connectivity index (χ0) is 14.8. The van der Waals surface area contributed by atoms with Crippen LogP contribution >= 0.6 is 0 Å². The van der Waals surface area contributed by atoms with Crippen LogP contribution < -0.4 is 11.1 Å². The molecule has 0 spiro atoms. The number of nitrogens with one attached hydrogen (secondary N) is 1. The average molecular weight is 287 g/mol. The minimum absolute atomic E-state index is 0.0618. The van der Waals surface area contributed by atoms with Crippen LogP contribution in [-0.2, 0) is 0 Å². The Morgan fingerprint density at radius 2 is 2.00 bits per heavy atom. The van der Waals surface area contributed by atoms with E-state index in [1.165, 1.54) is 19.3 Å². The lowest BCUT2D eigenvalue weighted by molar-refractivity contribution is 0.1000. The molecule has 1 saturated heterocycles. The molecule has 2 atom stereocenters. The molecule has 5 nitrogen and oxygen atoms in total. The zero-order valence-electron chi connectivity index (χ0n) is 12.0. The van der Waals surface area contributed by atoms with Gasteiger partial charge in [0.05, 0.1) is 0 Å². The van der Waals surface area contributed by atoms with Crippen LogP contribution in [0.3, 0.4) is 0 Å². The molecular formula is C16H21N3O2. The first kappa shape index (κ1) is 13.9. The number of nitrogens with zero attached hydrogens (tertiary/aromatic N) is 1. The first-order chi connectivity index (χ1) is 10.1. The molecule has 1 saturated carbocycles. The van der Waals surface area contributed by atoms with Crippen LogP contribution in [0.4, 0.5) is 10.5 Å². The molecule has 3 rings (SSSR count). The van der Waals surface area contributed by atoms with Crippen molar-refractivity contribution in [1.29, 1.82) is 0 Å². The fraction of sp³-hybridized carbons (Fsp3) is 0.500. The molecule has 0 radical (unpaired) electrons. The van der Waals surface area contributed by atoms with E-state index in [-0.39, 0.29) is 6.03 Å². The van der Waals surface area contributed by atoms with Crippen LogP contribution in [0.5, 0.6) is 0 Å². The molecule has 112 valence electrons. The fourth-order valence-electron chi connectivity index (χ4n) is 3.65. The number of primary amides is 1. The van der Waals surface area contributed by atoms with E-state index in [1.807, 2.05) is 4.90 Å². The van der Waals surface area contributed by atoms with Gasteiger partial charge in [-0.05, 0) is 49.8 Å². The topological polar surface area (TPSA) is 75.4 Å². The lowest BCUT2D eigenvalue weighted by Crippen LogP contribution is -2.48. The summed E-state index contributed by atoms with van der Waals surface area (Å²) in [5.74, 6) is 0.182. The highest BCUT2D eigenvalue weighted by Gasteiger charge is 2.37. The Hall–Kier alpha value is -2.04. The van der Waals surface area contributed by atoms with Crippen LogP contribution in [0.2, 0.25) is 0 Å². The molecule has 1 aromatic rings.